The molecular weight excluding hydrogens is 222 g/mol. The Kier molecular flexibility index (Phi) is 4.02. The number of nitrogens with two attached hydrogens (primary N) is 1. The average molecular weight is 239 g/mol. The quantitative estimate of drug-likeness (QED) is 0.632. The molecule has 0 amide bonds. The summed E-state index contributed by atoms with van der Waals surface area (Å²) in [5, 5.41) is 9.64. The van der Waals surface area contributed by atoms with Crippen LogP contribution < -0.4 is 5.73 Å². The first-order valence-corrected chi connectivity index (χ1v) is 6.04. The average Bonchev–Trinajstić information content (AvgIpc) is 2.40. The molecule has 0 radical (unpaired) electrons. The fraction of sp³-hybridized carbons (Fsp3) is 0.125. The molecule has 2 nitrogen and oxygen atoms in total. The van der Waals surface area contributed by atoms with Gasteiger partial charge in [0.15, 0.2) is 0 Å². The van der Waals surface area contributed by atoms with Crippen LogP contribution in [-0.2, 0) is 6.42 Å². The summed E-state index contributed by atoms with van der Waals surface area (Å²) in [6.07, 6.45) is 5.91. The number of benzene rings is 2. The lowest BCUT2D eigenvalue weighted by Gasteiger charge is -2.00. The van der Waals surface area contributed by atoms with Crippen LogP contribution >= 0.6 is 0 Å². The van der Waals surface area contributed by atoms with Gasteiger partial charge in [-0.1, -0.05) is 42.5 Å². The van der Waals surface area contributed by atoms with E-state index in [2.05, 4.69) is 18.2 Å². The van der Waals surface area contributed by atoms with Gasteiger partial charge in [0.05, 0.1) is 0 Å². The Morgan fingerprint density at radius 1 is 1.06 bits per heavy atom. The lowest BCUT2D eigenvalue weighted by molar-refractivity contribution is 0.474. The number of rotatable bonds is 4. The fourth-order valence-electron chi connectivity index (χ4n) is 1.81. The number of phenolic OH excluding ortho intramolecular Hbond substituents is 1. The molecule has 0 heterocycles. The predicted molar refractivity (Wildman–Crippen MR) is 76.3 cm³/mol. The van der Waals surface area contributed by atoms with Crippen LogP contribution in [0.25, 0.3) is 6.08 Å². The summed E-state index contributed by atoms with van der Waals surface area (Å²) in [5.74, 6) is 0.264. The molecule has 0 aromatic heterocycles. The van der Waals surface area contributed by atoms with Crippen LogP contribution in [0.2, 0.25) is 0 Å². The molecule has 2 aromatic carbocycles. The number of nitrogen functional groups attached to an aromatic ring is 1. The largest absolute Gasteiger partial charge is 0.507 e. The molecular formula is C16H17NO. The van der Waals surface area contributed by atoms with Gasteiger partial charge in [0.1, 0.15) is 5.75 Å². The van der Waals surface area contributed by atoms with Crippen molar-refractivity contribution in [3.8, 4) is 5.75 Å². The third-order valence-electron chi connectivity index (χ3n) is 2.79. The van der Waals surface area contributed by atoms with E-state index in [1.165, 1.54) is 5.56 Å². The number of aromatic hydroxyl groups is 1. The summed E-state index contributed by atoms with van der Waals surface area (Å²) in [4.78, 5) is 0. The number of anilines is 1. The minimum atomic E-state index is 0.264. The molecule has 92 valence electrons. The zero-order chi connectivity index (χ0) is 12.8. The molecule has 0 bridgehead atoms. The normalized spacial score (nSPS) is 10.9. The summed E-state index contributed by atoms with van der Waals surface area (Å²) < 4.78 is 0. The molecule has 0 saturated carbocycles. The fourth-order valence-corrected chi connectivity index (χ4v) is 1.81. The maximum absolute atomic E-state index is 9.64. The first-order valence-electron chi connectivity index (χ1n) is 6.04. The smallest absolute Gasteiger partial charge is 0.122 e. The van der Waals surface area contributed by atoms with Crippen molar-refractivity contribution in [1.82, 2.24) is 0 Å². The highest BCUT2D eigenvalue weighted by molar-refractivity contribution is 5.62. The van der Waals surface area contributed by atoms with E-state index in [0.29, 0.717) is 5.69 Å². The zero-order valence-electron chi connectivity index (χ0n) is 10.2. The van der Waals surface area contributed by atoms with Gasteiger partial charge in [-0.3, -0.25) is 0 Å². The maximum Gasteiger partial charge on any atom is 0.122 e. The van der Waals surface area contributed by atoms with Crippen molar-refractivity contribution in [2.75, 3.05) is 5.73 Å². The highest BCUT2D eigenvalue weighted by atomic mass is 16.3. The van der Waals surface area contributed by atoms with E-state index in [-0.39, 0.29) is 5.75 Å². The van der Waals surface area contributed by atoms with Crippen LogP contribution in [0.4, 0.5) is 5.69 Å². The van der Waals surface area contributed by atoms with Crippen molar-refractivity contribution >= 4 is 11.8 Å². The Morgan fingerprint density at radius 3 is 2.61 bits per heavy atom. The second-order valence-electron chi connectivity index (χ2n) is 4.24. The number of hydrogen-bond donors (Lipinski definition) is 2. The summed E-state index contributed by atoms with van der Waals surface area (Å²) >= 11 is 0. The Bertz CT molecular complexity index is 532. The molecule has 0 fully saturated rings. The lowest BCUT2D eigenvalue weighted by Crippen LogP contribution is -1.85. The van der Waals surface area contributed by atoms with Crippen molar-refractivity contribution < 1.29 is 5.11 Å². The number of aryl methyl sites for hydroxylation is 1. The summed E-state index contributed by atoms with van der Waals surface area (Å²) in [7, 11) is 0. The van der Waals surface area contributed by atoms with Crippen molar-refractivity contribution in [2.24, 2.45) is 0 Å². The molecule has 2 rings (SSSR count). The maximum atomic E-state index is 9.64. The zero-order valence-corrected chi connectivity index (χ0v) is 10.2. The van der Waals surface area contributed by atoms with E-state index in [9.17, 15) is 5.11 Å². The van der Waals surface area contributed by atoms with E-state index < -0.39 is 0 Å². The molecule has 2 aromatic rings. The van der Waals surface area contributed by atoms with Crippen LogP contribution in [0.3, 0.4) is 0 Å². The van der Waals surface area contributed by atoms with E-state index in [4.69, 9.17) is 5.73 Å². The monoisotopic (exact) mass is 239 g/mol. The van der Waals surface area contributed by atoms with Crippen molar-refractivity contribution in [3.05, 3.63) is 65.7 Å². The minimum absolute atomic E-state index is 0.264. The first-order chi connectivity index (χ1) is 8.75. The van der Waals surface area contributed by atoms with Gasteiger partial charge in [-0.15, -0.1) is 0 Å². The van der Waals surface area contributed by atoms with Gasteiger partial charge >= 0.3 is 0 Å². The number of phenols is 1. The van der Waals surface area contributed by atoms with Gasteiger partial charge in [-0.25, -0.2) is 0 Å². The molecule has 18 heavy (non-hydrogen) atoms. The molecule has 0 atom stereocenters. The summed E-state index contributed by atoms with van der Waals surface area (Å²) in [6, 6.07) is 15.4. The number of allylic oxidation sites excluding steroid dienone is 1. The van der Waals surface area contributed by atoms with E-state index in [1.807, 2.05) is 24.3 Å². The Balaban J connectivity index is 1.94. The summed E-state index contributed by atoms with van der Waals surface area (Å²) in [5.41, 5.74) is 8.43. The predicted octanol–water partition coefficient (Wildman–Crippen LogP) is 3.62. The van der Waals surface area contributed by atoms with Crippen molar-refractivity contribution in [2.45, 2.75) is 12.8 Å². The Hall–Kier alpha value is -2.22. The minimum Gasteiger partial charge on any atom is -0.507 e. The molecule has 0 unspecified atom stereocenters. The molecule has 0 aliphatic heterocycles. The molecule has 0 spiro atoms. The van der Waals surface area contributed by atoms with Crippen molar-refractivity contribution in [3.63, 3.8) is 0 Å². The van der Waals surface area contributed by atoms with E-state index in [1.54, 1.807) is 18.2 Å². The molecule has 0 saturated heterocycles. The molecule has 0 aliphatic rings. The van der Waals surface area contributed by atoms with Crippen LogP contribution in [0.15, 0.2) is 54.6 Å². The second kappa shape index (κ2) is 5.92. The van der Waals surface area contributed by atoms with Gasteiger partial charge in [0.25, 0.3) is 0 Å². The molecule has 2 heteroatoms. The van der Waals surface area contributed by atoms with Gasteiger partial charge in [0, 0.05) is 11.3 Å². The SMILES string of the molecule is Nc1ccc(O)c(/C=C/CCc2ccccc2)c1. The highest BCUT2D eigenvalue weighted by Crippen LogP contribution is 2.21. The second-order valence-corrected chi connectivity index (χ2v) is 4.24. The van der Waals surface area contributed by atoms with Gasteiger partial charge in [-0.05, 0) is 36.6 Å². The van der Waals surface area contributed by atoms with E-state index in [0.717, 1.165) is 18.4 Å². The Labute approximate surface area is 107 Å². The standard InChI is InChI=1S/C16H17NO/c17-15-10-11-16(18)14(12-15)9-5-4-8-13-6-2-1-3-7-13/h1-3,5-7,9-12,18H,4,8,17H2/b9-5+. The van der Waals surface area contributed by atoms with Gasteiger partial charge < -0.3 is 10.8 Å². The van der Waals surface area contributed by atoms with Crippen LogP contribution in [0.1, 0.15) is 17.5 Å². The molecule has 0 aliphatic carbocycles. The van der Waals surface area contributed by atoms with Crippen LogP contribution in [0, 0.1) is 0 Å². The van der Waals surface area contributed by atoms with Crippen LogP contribution in [0.5, 0.6) is 5.75 Å². The summed E-state index contributed by atoms with van der Waals surface area (Å²) in [6.45, 7) is 0. The third kappa shape index (κ3) is 3.39. The topological polar surface area (TPSA) is 46.2 Å². The highest BCUT2D eigenvalue weighted by Gasteiger charge is 1.96. The van der Waals surface area contributed by atoms with E-state index >= 15 is 0 Å². The molecule has 3 N–H and O–H groups in total. The third-order valence-corrected chi connectivity index (χ3v) is 2.79. The van der Waals surface area contributed by atoms with Crippen molar-refractivity contribution in [1.29, 1.82) is 0 Å². The number of hydrogen-bond acceptors (Lipinski definition) is 2. The lowest BCUT2D eigenvalue weighted by atomic mass is 10.1. The first kappa shape index (κ1) is 12.2. The van der Waals surface area contributed by atoms with Gasteiger partial charge in [0.2, 0.25) is 0 Å². The Morgan fingerprint density at radius 2 is 1.83 bits per heavy atom. The van der Waals surface area contributed by atoms with Crippen LogP contribution in [-0.4, -0.2) is 5.11 Å². The van der Waals surface area contributed by atoms with Gasteiger partial charge in [-0.2, -0.15) is 0 Å².